The van der Waals surface area contributed by atoms with E-state index in [0.29, 0.717) is 18.4 Å². The quantitative estimate of drug-likeness (QED) is 0.420. The Morgan fingerprint density at radius 2 is 1.65 bits per heavy atom. The van der Waals surface area contributed by atoms with E-state index in [-0.39, 0.29) is 29.4 Å². The second-order valence-corrected chi connectivity index (χ2v) is 9.52. The fraction of sp³-hybridized carbons (Fsp3) is 0.379. The van der Waals surface area contributed by atoms with Crippen LogP contribution in [0.3, 0.4) is 0 Å². The summed E-state index contributed by atoms with van der Waals surface area (Å²) in [7, 11) is 0. The standard InChI is InChI=1S/C29H33NO4/c1-19-26-14-11-24(32)18-27(26)34-29(28(19)20-5-9-23(31)10-6-20)21-7-12-25(13-8-21)33-17-15-22-4-2-3-16-30-22/h5-14,18-19,22,28-32H,2-4,15-17H2,1H3/t19-,22?,28-,29+/m1/s1. The minimum atomic E-state index is -0.227. The summed E-state index contributed by atoms with van der Waals surface area (Å²) < 4.78 is 12.5. The zero-order valence-electron chi connectivity index (χ0n) is 19.6. The number of fused-ring (bicyclic) bond motifs is 1. The van der Waals surface area contributed by atoms with Gasteiger partial charge in [0.1, 0.15) is 29.1 Å². The maximum atomic E-state index is 10.0. The molecule has 2 heterocycles. The third-order valence-electron chi connectivity index (χ3n) is 7.24. The van der Waals surface area contributed by atoms with Gasteiger partial charge in [0.2, 0.25) is 0 Å². The normalized spacial score (nSPS) is 24.1. The van der Waals surface area contributed by atoms with Crippen molar-refractivity contribution in [2.75, 3.05) is 13.2 Å². The number of aromatic hydroxyl groups is 2. The van der Waals surface area contributed by atoms with Crippen LogP contribution < -0.4 is 14.8 Å². The molecule has 34 heavy (non-hydrogen) atoms. The number of hydrogen-bond acceptors (Lipinski definition) is 5. The zero-order chi connectivity index (χ0) is 23.5. The summed E-state index contributed by atoms with van der Waals surface area (Å²) in [5.41, 5.74) is 3.23. The highest BCUT2D eigenvalue weighted by Crippen LogP contribution is 2.51. The van der Waals surface area contributed by atoms with E-state index < -0.39 is 0 Å². The Bertz CT molecular complexity index is 1090. The fourth-order valence-electron chi connectivity index (χ4n) is 5.35. The van der Waals surface area contributed by atoms with Gasteiger partial charge >= 0.3 is 0 Å². The van der Waals surface area contributed by atoms with E-state index >= 15 is 0 Å². The molecule has 0 aliphatic carbocycles. The van der Waals surface area contributed by atoms with Crippen LogP contribution in [0, 0.1) is 0 Å². The van der Waals surface area contributed by atoms with Crippen molar-refractivity contribution in [3.63, 3.8) is 0 Å². The largest absolute Gasteiger partial charge is 0.508 e. The molecule has 0 amide bonds. The third-order valence-corrected chi connectivity index (χ3v) is 7.24. The molecular formula is C29H33NO4. The monoisotopic (exact) mass is 459 g/mol. The summed E-state index contributed by atoms with van der Waals surface area (Å²) in [5.74, 6) is 2.25. The minimum absolute atomic E-state index is 0.0572. The first-order valence-electron chi connectivity index (χ1n) is 12.3. The summed E-state index contributed by atoms with van der Waals surface area (Å²) in [6.07, 6.45) is 4.60. The first-order chi connectivity index (χ1) is 16.6. The number of nitrogens with one attached hydrogen (secondary N) is 1. The van der Waals surface area contributed by atoms with Crippen LogP contribution in [-0.4, -0.2) is 29.4 Å². The molecule has 3 N–H and O–H groups in total. The average Bonchev–Trinajstić information content (AvgIpc) is 2.86. The second-order valence-electron chi connectivity index (χ2n) is 9.52. The molecular weight excluding hydrogens is 426 g/mol. The lowest BCUT2D eigenvalue weighted by Crippen LogP contribution is -2.35. The Labute approximate surface area is 201 Å². The van der Waals surface area contributed by atoms with Crippen LogP contribution in [0.4, 0.5) is 0 Å². The molecule has 1 saturated heterocycles. The summed E-state index contributed by atoms with van der Waals surface area (Å²) in [4.78, 5) is 0. The first-order valence-corrected chi connectivity index (χ1v) is 12.3. The van der Waals surface area contributed by atoms with Gasteiger partial charge in [-0.05, 0) is 78.7 Å². The van der Waals surface area contributed by atoms with Crippen molar-refractivity contribution in [2.45, 2.75) is 56.6 Å². The van der Waals surface area contributed by atoms with Crippen molar-refractivity contribution in [3.05, 3.63) is 83.4 Å². The van der Waals surface area contributed by atoms with Gasteiger partial charge in [-0.2, -0.15) is 0 Å². The van der Waals surface area contributed by atoms with E-state index in [4.69, 9.17) is 9.47 Å². The summed E-state index contributed by atoms with van der Waals surface area (Å²) in [6, 6.07) is 21.5. The molecule has 3 aromatic rings. The van der Waals surface area contributed by atoms with Crippen molar-refractivity contribution in [1.29, 1.82) is 0 Å². The first kappa shape index (κ1) is 22.6. The lowest BCUT2D eigenvalue weighted by atomic mass is 9.75. The van der Waals surface area contributed by atoms with Gasteiger partial charge in [0, 0.05) is 18.0 Å². The number of benzene rings is 3. The SMILES string of the molecule is C[C@@H]1c2ccc(O)cc2O[C@@H](c2ccc(OCCC3CCCCN3)cc2)[C@H]1c1ccc(O)cc1. The van der Waals surface area contributed by atoms with Gasteiger partial charge in [-0.25, -0.2) is 0 Å². The van der Waals surface area contributed by atoms with Crippen molar-refractivity contribution >= 4 is 0 Å². The fourth-order valence-corrected chi connectivity index (χ4v) is 5.35. The number of rotatable bonds is 6. The number of phenols is 2. The van der Waals surface area contributed by atoms with Crippen LogP contribution in [0.1, 0.15) is 67.2 Å². The molecule has 0 bridgehead atoms. The van der Waals surface area contributed by atoms with E-state index in [2.05, 4.69) is 24.4 Å². The van der Waals surface area contributed by atoms with Gasteiger partial charge in [-0.15, -0.1) is 0 Å². The molecule has 2 aliphatic heterocycles. The molecule has 3 aromatic carbocycles. The number of hydrogen-bond donors (Lipinski definition) is 3. The van der Waals surface area contributed by atoms with Crippen LogP contribution >= 0.6 is 0 Å². The summed E-state index contributed by atoms with van der Waals surface area (Å²) in [5, 5.41) is 23.4. The zero-order valence-corrected chi connectivity index (χ0v) is 19.6. The van der Waals surface area contributed by atoms with Crippen molar-refractivity contribution in [2.24, 2.45) is 0 Å². The summed E-state index contributed by atoms with van der Waals surface area (Å²) >= 11 is 0. The Morgan fingerprint density at radius 1 is 0.912 bits per heavy atom. The Hall–Kier alpha value is -3.18. The summed E-state index contributed by atoms with van der Waals surface area (Å²) in [6.45, 7) is 4.01. The van der Waals surface area contributed by atoms with E-state index in [1.54, 1.807) is 24.3 Å². The van der Waals surface area contributed by atoms with Gasteiger partial charge in [-0.1, -0.05) is 43.7 Å². The van der Waals surface area contributed by atoms with Crippen molar-refractivity contribution in [3.8, 4) is 23.0 Å². The molecule has 5 nitrogen and oxygen atoms in total. The molecule has 2 aliphatic rings. The van der Waals surface area contributed by atoms with E-state index in [0.717, 1.165) is 35.4 Å². The maximum absolute atomic E-state index is 10.0. The highest BCUT2D eigenvalue weighted by molar-refractivity contribution is 5.48. The molecule has 5 heteroatoms. The molecule has 1 unspecified atom stereocenters. The molecule has 0 aromatic heterocycles. The second kappa shape index (κ2) is 9.98. The van der Waals surface area contributed by atoms with E-state index in [9.17, 15) is 10.2 Å². The molecule has 0 radical (unpaired) electrons. The highest BCUT2D eigenvalue weighted by atomic mass is 16.5. The predicted molar refractivity (Wildman–Crippen MR) is 133 cm³/mol. The predicted octanol–water partition coefficient (Wildman–Crippen LogP) is 6.03. The van der Waals surface area contributed by atoms with Crippen LogP contribution in [0.2, 0.25) is 0 Å². The lowest BCUT2D eigenvalue weighted by Gasteiger charge is -2.39. The topological polar surface area (TPSA) is 71.0 Å². The number of piperidine rings is 1. The van der Waals surface area contributed by atoms with Crippen LogP contribution in [0.5, 0.6) is 23.0 Å². The minimum Gasteiger partial charge on any atom is -0.508 e. The lowest BCUT2D eigenvalue weighted by molar-refractivity contribution is 0.136. The molecule has 0 spiro atoms. The van der Waals surface area contributed by atoms with E-state index in [1.807, 2.05) is 30.3 Å². The van der Waals surface area contributed by atoms with Crippen LogP contribution in [0.25, 0.3) is 0 Å². The van der Waals surface area contributed by atoms with Gasteiger partial charge in [0.25, 0.3) is 0 Å². The Balaban J connectivity index is 1.36. The van der Waals surface area contributed by atoms with Crippen LogP contribution in [-0.2, 0) is 0 Å². The molecule has 5 rings (SSSR count). The maximum Gasteiger partial charge on any atom is 0.131 e. The molecule has 0 saturated carbocycles. The van der Waals surface area contributed by atoms with Gasteiger partial charge in [0.15, 0.2) is 0 Å². The third kappa shape index (κ3) is 4.85. The number of ether oxygens (including phenoxy) is 2. The van der Waals surface area contributed by atoms with Crippen molar-refractivity contribution < 1.29 is 19.7 Å². The molecule has 1 fully saturated rings. The van der Waals surface area contributed by atoms with Gasteiger partial charge in [-0.3, -0.25) is 0 Å². The molecule has 178 valence electrons. The van der Waals surface area contributed by atoms with Crippen LogP contribution in [0.15, 0.2) is 66.7 Å². The van der Waals surface area contributed by atoms with E-state index in [1.165, 1.54) is 19.3 Å². The smallest absolute Gasteiger partial charge is 0.131 e. The van der Waals surface area contributed by atoms with Gasteiger partial charge in [0.05, 0.1) is 6.61 Å². The average molecular weight is 460 g/mol. The highest BCUT2D eigenvalue weighted by Gasteiger charge is 2.38. The van der Waals surface area contributed by atoms with Crippen molar-refractivity contribution in [1.82, 2.24) is 5.32 Å². The number of phenolic OH excluding ortho intramolecular Hbond substituents is 2. The Kier molecular flexibility index (Phi) is 6.63. The van der Waals surface area contributed by atoms with Gasteiger partial charge < -0.3 is 25.0 Å². The Morgan fingerprint density at radius 3 is 2.38 bits per heavy atom. The molecule has 4 atom stereocenters.